The van der Waals surface area contributed by atoms with Gasteiger partial charge in [-0.2, -0.15) is 0 Å². The van der Waals surface area contributed by atoms with Crippen molar-refractivity contribution in [2.24, 2.45) is 39.4 Å². The summed E-state index contributed by atoms with van der Waals surface area (Å²) < 4.78 is 0. The first-order valence-corrected chi connectivity index (χ1v) is 13.7. The summed E-state index contributed by atoms with van der Waals surface area (Å²) in [5, 5.41) is 53.8. The molecule has 0 aliphatic heterocycles. The third kappa shape index (κ3) is 3.87. The molecule has 0 aromatic carbocycles. The molecule has 0 heterocycles. The summed E-state index contributed by atoms with van der Waals surface area (Å²) in [5.41, 5.74) is -2.78. The van der Waals surface area contributed by atoms with Crippen LogP contribution in [0.2, 0.25) is 0 Å². The number of hydrogen-bond acceptors (Lipinski definition) is 7. The van der Waals surface area contributed by atoms with E-state index in [9.17, 15) is 35.1 Å². The second-order valence-electron chi connectivity index (χ2n) is 14.0. The molecule has 37 heavy (non-hydrogen) atoms. The predicted molar refractivity (Wildman–Crippen MR) is 139 cm³/mol. The summed E-state index contributed by atoms with van der Waals surface area (Å²) >= 11 is 0. The summed E-state index contributed by atoms with van der Waals surface area (Å²) in [4.78, 5) is 27.1. The van der Waals surface area contributed by atoms with Crippen molar-refractivity contribution < 1.29 is 35.1 Å². The topological polar surface area (TPSA) is 135 Å². The molecule has 7 heteroatoms. The van der Waals surface area contributed by atoms with Crippen molar-refractivity contribution >= 4 is 11.6 Å². The lowest BCUT2D eigenvalue weighted by atomic mass is 9.38. The number of carbonyl (C=O) groups is 2. The van der Waals surface area contributed by atoms with Crippen molar-refractivity contribution in [1.82, 2.24) is 0 Å². The molecule has 7 nitrogen and oxygen atoms in total. The maximum absolute atomic E-state index is 14.2. The van der Waals surface area contributed by atoms with Crippen LogP contribution in [0.1, 0.15) is 80.6 Å². The molecule has 0 aromatic rings. The van der Waals surface area contributed by atoms with Gasteiger partial charge >= 0.3 is 0 Å². The van der Waals surface area contributed by atoms with Crippen molar-refractivity contribution in [3.8, 4) is 0 Å². The first-order chi connectivity index (χ1) is 16.9. The van der Waals surface area contributed by atoms with E-state index < -0.39 is 51.5 Å². The largest absolute Gasteiger partial charge is 0.393 e. The minimum Gasteiger partial charge on any atom is -0.393 e. The van der Waals surface area contributed by atoms with E-state index in [0.717, 1.165) is 5.57 Å². The van der Waals surface area contributed by atoms with Crippen LogP contribution in [-0.4, -0.2) is 67.6 Å². The van der Waals surface area contributed by atoms with Crippen LogP contribution in [0.4, 0.5) is 0 Å². The minimum atomic E-state index is -1.46. The normalized spacial score (nSPS) is 45.9. The van der Waals surface area contributed by atoms with Gasteiger partial charge in [-0.15, -0.1) is 0 Å². The lowest BCUT2D eigenvalue weighted by molar-refractivity contribution is -0.184. The number of allylic oxidation sites excluding steroid dienone is 2. The van der Waals surface area contributed by atoms with E-state index in [1.807, 2.05) is 27.7 Å². The Morgan fingerprint density at radius 2 is 1.78 bits per heavy atom. The molecule has 0 spiro atoms. The van der Waals surface area contributed by atoms with E-state index in [1.54, 1.807) is 13.8 Å². The predicted octanol–water partition coefficient (Wildman–Crippen LogP) is 2.72. The number of carbonyl (C=O) groups excluding carboxylic acids is 2. The molecule has 0 aromatic heterocycles. The molecule has 10 atom stereocenters. The highest BCUT2D eigenvalue weighted by Crippen LogP contribution is 2.74. The lowest BCUT2D eigenvalue weighted by Gasteiger charge is -2.64. The maximum Gasteiger partial charge on any atom is 0.170 e. The summed E-state index contributed by atoms with van der Waals surface area (Å²) in [7, 11) is 0. The zero-order chi connectivity index (χ0) is 27.9. The van der Waals surface area contributed by atoms with E-state index in [0.29, 0.717) is 18.4 Å². The molecule has 4 rings (SSSR count). The molecular formula is C30H46O7. The Bertz CT molecular complexity index is 1040. The van der Waals surface area contributed by atoms with Gasteiger partial charge in [-0.25, -0.2) is 0 Å². The van der Waals surface area contributed by atoms with Crippen molar-refractivity contribution in [3.05, 3.63) is 23.3 Å². The first-order valence-electron chi connectivity index (χ1n) is 13.7. The Balaban J connectivity index is 1.76. The quantitative estimate of drug-likeness (QED) is 0.353. The zero-order valence-corrected chi connectivity index (χ0v) is 23.4. The smallest absolute Gasteiger partial charge is 0.170 e. The molecule has 3 saturated carbocycles. The maximum atomic E-state index is 14.2. The number of aliphatic hydroxyl groups excluding tert-OH is 4. The van der Waals surface area contributed by atoms with E-state index in [1.165, 1.54) is 6.08 Å². The number of ketones is 2. The second-order valence-corrected chi connectivity index (χ2v) is 14.0. The number of hydrogen-bond donors (Lipinski definition) is 5. The lowest BCUT2D eigenvalue weighted by Crippen LogP contribution is -2.65. The molecule has 0 amide bonds. The van der Waals surface area contributed by atoms with Crippen LogP contribution < -0.4 is 0 Å². The summed E-state index contributed by atoms with van der Waals surface area (Å²) in [6, 6.07) is 0. The van der Waals surface area contributed by atoms with Crippen LogP contribution in [0.5, 0.6) is 0 Å². The molecular weight excluding hydrogens is 472 g/mol. The molecule has 4 aliphatic rings. The Kier molecular flexibility index (Phi) is 6.82. The molecule has 3 fully saturated rings. The standard InChI is InChI=1S/C30H46O7/c1-16(15-31)10-17(32)12-29(6,37)24-21(34)13-27(4)22-9-8-18-19(11-20(33)25(36)26(18,2)3)30(22,7)23(35)14-28(24,27)5/h8,10,17,19-22,24,31-34,37H,9,11-15H2,1-7H3/b16-10+/t17-,19+,20-,21+,22-,24-,27-,28+,29-,30-/m0/s1. The van der Waals surface area contributed by atoms with Crippen LogP contribution >= 0.6 is 0 Å². The van der Waals surface area contributed by atoms with Gasteiger partial charge in [0.15, 0.2) is 5.78 Å². The molecule has 0 bridgehead atoms. The van der Waals surface area contributed by atoms with Crippen molar-refractivity contribution in [1.29, 1.82) is 0 Å². The Hall–Kier alpha value is -1.38. The fraction of sp³-hybridized carbons (Fsp3) is 0.800. The van der Waals surface area contributed by atoms with Crippen LogP contribution in [0.3, 0.4) is 0 Å². The van der Waals surface area contributed by atoms with Gasteiger partial charge in [0.05, 0.1) is 24.4 Å². The molecule has 0 saturated heterocycles. The number of fused-ring (bicyclic) bond motifs is 5. The zero-order valence-electron chi connectivity index (χ0n) is 23.4. The van der Waals surface area contributed by atoms with Gasteiger partial charge in [-0.05, 0) is 75.2 Å². The molecule has 5 N–H and O–H groups in total. The Labute approximate surface area is 220 Å². The van der Waals surface area contributed by atoms with Gasteiger partial charge in [0.1, 0.15) is 11.9 Å². The highest BCUT2D eigenvalue weighted by molar-refractivity contribution is 5.94. The molecule has 208 valence electrons. The fourth-order valence-corrected chi connectivity index (χ4v) is 9.49. The van der Waals surface area contributed by atoms with Gasteiger partial charge in [0, 0.05) is 29.6 Å². The van der Waals surface area contributed by atoms with Crippen LogP contribution in [0, 0.1) is 39.4 Å². The van der Waals surface area contributed by atoms with Crippen molar-refractivity contribution in [2.45, 2.75) is 104 Å². The SMILES string of the molecule is C/C(=C\[C@H](O)C[C@](C)(O)[C@H]1[C@H](O)C[C@@]2(C)[C@@H]3CC=C4[C@@H](C[C@H](O)C(=O)C4(C)C)[C@]3(C)C(=O)C[C@]12C)CO. The highest BCUT2D eigenvalue weighted by Gasteiger charge is 2.74. The molecule has 0 radical (unpaired) electrons. The van der Waals surface area contributed by atoms with Gasteiger partial charge < -0.3 is 25.5 Å². The van der Waals surface area contributed by atoms with Crippen molar-refractivity contribution in [2.75, 3.05) is 6.61 Å². The first kappa shape index (κ1) is 28.6. The van der Waals surface area contributed by atoms with Crippen molar-refractivity contribution in [3.63, 3.8) is 0 Å². The molecule has 0 unspecified atom stereocenters. The number of Topliss-reactive ketones (excluding diaryl/α,β-unsaturated/α-hetero) is 2. The average molecular weight is 519 g/mol. The number of aliphatic hydroxyl groups is 5. The molecule has 4 aliphatic carbocycles. The third-order valence-corrected chi connectivity index (χ3v) is 11.4. The van der Waals surface area contributed by atoms with Crippen LogP contribution in [-0.2, 0) is 9.59 Å². The summed E-state index contributed by atoms with van der Waals surface area (Å²) in [6.07, 6.45) is 2.03. The Morgan fingerprint density at radius 1 is 1.16 bits per heavy atom. The van der Waals surface area contributed by atoms with E-state index >= 15 is 0 Å². The van der Waals surface area contributed by atoms with E-state index in [-0.39, 0.29) is 49.3 Å². The van der Waals surface area contributed by atoms with Gasteiger partial charge in [0.2, 0.25) is 0 Å². The van der Waals surface area contributed by atoms with Crippen LogP contribution in [0.25, 0.3) is 0 Å². The Morgan fingerprint density at radius 3 is 2.38 bits per heavy atom. The van der Waals surface area contributed by atoms with Gasteiger partial charge in [-0.3, -0.25) is 9.59 Å². The summed E-state index contributed by atoms with van der Waals surface area (Å²) in [5.74, 6) is -1.18. The van der Waals surface area contributed by atoms with Gasteiger partial charge in [-0.1, -0.05) is 38.5 Å². The van der Waals surface area contributed by atoms with Crippen LogP contribution in [0.15, 0.2) is 23.3 Å². The summed E-state index contributed by atoms with van der Waals surface area (Å²) in [6.45, 7) is 12.9. The monoisotopic (exact) mass is 518 g/mol. The highest BCUT2D eigenvalue weighted by atomic mass is 16.3. The third-order valence-electron chi connectivity index (χ3n) is 11.4. The second kappa shape index (κ2) is 8.82. The van der Waals surface area contributed by atoms with E-state index in [2.05, 4.69) is 13.0 Å². The van der Waals surface area contributed by atoms with Gasteiger partial charge in [0.25, 0.3) is 0 Å². The number of rotatable bonds is 5. The fourth-order valence-electron chi connectivity index (χ4n) is 9.49. The van der Waals surface area contributed by atoms with E-state index in [4.69, 9.17) is 0 Å². The minimum absolute atomic E-state index is 0.0248. The average Bonchev–Trinajstić information content (AvgIpc) is 2.97.